The Balaban J connectivity index is 3.23. The van der Waals surface area contributed by atoms with Crippen LogP contribution in [0.3, 0.4) is 0 Å². The van der Waals surface area contributed by atoms with Gasteiger partial charge >= 0.3 is 0 Å². The first kappa shape index (κ1) is 8.65. The van der Waals surface area contributed by atoms with Crippen molar-refractivity contribution in [1.82, 2.24) is 9.97 Å². The van der Waals surface area contributed by atoms with Crippen LogP contribution >= 0.6 is 0 Å². The van der Waals surface area contributed by atoms with Crippen molar-refractivity contribution in [3.63, 3.8) is 0 Å². The first-order valence-corrected chi connectivity index (χ1v) is 3.77. The molecule has 1 heterocycles. The minimum atomic E-state index is 0.755. The van der Waals surface area contributed by atoms with E-state index in [4.69, 9.17) is 0 Å². The minimum Gasteiger partial charge on any atom is -0.234 e. The van der Waals surface area contributed by atoms with Crippen LogP contribution in [-0.2, 0) is 0 Å². The van der Waals surface area contributed by atoms with Gasteiger partial charge in [0.1, 0.15) is 5.82 Å². The zero-order chi connectivity index (χ0) is 9.14. The predicted molar refractivity (Wildman–Crippen MR) is 51.6 cm³/mol. The molecule has 0 atom stereocenters. The predicted octanol–water partition coefficient (Wildman–Crippen LogP) is 2.46. The van der Waals surface area contributed by atoms with Crippen LogP contribution in [0.1, 0.15) is 24.1 Å². The van der Waals surface area contributed by atoms with Gasteiger partial charge in [-0.2, -0.15) is 0 Å². The van der Waals surface area contributed by atoms with Gasteiger partial charge in [-0.25, -0.2) is 9.97 Å². The summed E-state index contributed by atoms with van der Waals surface area (Å²) in [5, 5.41) is 0. The summed E-state index contributed by atoms with van der Waals surface area (Å²) in [6, 6.07) is 1.88. The minimum absolute atomic E-state index is 0.755. The molecule has 0 aliphatic carbocycles. The van der Waals surface area contributed by atoms with Gasteiger partial charge in [0.2, 0.25) is 0 Å². The lowest BCUT2D eigenvalue weighted by molar-refractivity contribution is 1.03. The number of nitrogens with zero attached hydrogens (tertiary/aromatic N) is 2. The summed E-state index contributed by atoms with van der Waals surface area (Å²) in [5.74, 6) is 0.755. The summed E-state index contributed by atoms with van der Waals surface area (Å²) in [6.45, 7) is 11.3. The van der Waals surface area contributed by atoms with Crippen LogP contribution in [0.5, 0.6) is 0 Å². The van der Waals surface area contributed by atoms with Crippen LogP contribution in [0.2, 0.25) is 0 Å². The Morgan fingerprint density at radius 1 is 1.50 bits per heavy atom. The van der Waals surface area contributed by atoms with E-state index in [1.54, 1.807) is 6.08 Å². The lowest BCUT2D eigenvalue weighted by Crippen LogP contribution is -1.94. The molecule has 62 valence electrons. The summed E-state index contributed by atoms with van der Waals surface area (Å²) in [5.41, 5.74) is 2.68. The Morgan fingerprint density at radius 3 is 2.67 bits per heavy atom. The standard InChI is InChI=1S/C10H12N2/c1-5-9-6-10(7(2)3)12-8(4)11-9/h5-6H,1-2H2,3-4H3. The van der Waals surface area contributed by atoms with E-state index in [-0.39, 0.29) is 0 Å². The molecule has 0 spiro atoms. The number of rotatable bonds is 2. The normalized spacial score (nSPS) is 9.50. The highest BCUT2D eigenvalue weighted by Gasteiger charge is 1.98. The second-order valence-corrected chi connectivity index (χ2v) is 2.71. The van der Waals surface area contributed by atoms with Gasteiger partial charge in [0, 0.05) is 0 Å². The van der Waals surface area contributed by atoms with Gasteiger partial charge in [0.15, 0.2) is 0 Å². The van der Waals surface area contributed by atoms with Gasteiger partial charge in [0.25, 0.3) is 0 Å². The van der Waals surface area contributed by atoms with E-state index in [1.807, 2.05) is 19.9 Å². The van der Waals surface area contributed by atoms with Gasteiger partial charge < -0.3 is 0 Å². The van der Waals surface area contributed by atoms with Gasteiger partial charge in [-0.3, -0.25) is 0 Å². The molecule has 0 aliphatic heterocycles. The molecule has 0 saturated carbocycles. The Bertz CT molecular complexity index is 327. The summed E-state index contributed by atoms with van der Waals surface area (Å²) in [4.78, 5) is 8.39. The molecule has 0 unspecified atom stereocenters. The summed E-state index contributed by atoms with van der Waals surface area (Å²) in [7, 11) is 0. The molecule has 2 heteroatoms. The van der Waals surface area contributed by atoms with Gasteiger partial charge in [-0.15, -0.1) is 0 Å². The lowest BCUT2D eigenvalue weighted by Gasteiger charge is -2.01. The zero-order valence-electron chi connectivity index (χ0n) is 7.46. The highest BCUT2D eigenvalue weighted by Crippen LogP contribution is 2.10. The van der Waals surface area contributed by atoms with Gasteiger partial charge in [-0.05, 0) is 31.6 Å². The maximum atomic E-state index is 4.22. The van der Waals surface area contributed by atoms with E-state index >= 15 is 0 Å². The number of allylic oxidation sites excluding steroid dienone is 1. The maximum Gasteiger partial charge on any atom is 0.126 e. The molecule has 1 aromatic rings. The summed E-state index contributed by atoms with van der Waals surface area (Å²) < 4.78 is 0. The van der Waals surface area contributed by atoms with E-state index in [2.05, 4.69) is 23.1 Å². The molecule has 0 N–H and O–H groups in total. The first-order chi connectivity index (χ1) is 5.63. The van der Waals surface area contributed by atoms with Crippen LogP contribution in [0.4, 0.5) is 0 Å². The fraction of sp³-hybridized carbons (Fsp3) is 0.200. The molecule has 0 bridgehead atoms. The number of hydrogen-bond acceptors (Lipinski definition) is 2. The van der Waals surface area contributed by atoms with Gasteiger partial charge in [0.05, 0.1) is 11.4 Å². The maximum absolute atomic E-state index is 4.22. The SMILES string of the molecule is C=Cc1cc(C(=C)C)nc(C)n1. The molecule has 0 aromatic carbocycles. The smallest absolute Gasteiger partial charge is 0.126 e. The number of hydrogen-bond donors (Lipinski definition) is 0. The third-order valence-electron chi connectivity index (χ3n) is 1.50. The third-order valence-corrected chi connectivity index (χ3v) is 1.50. The van der Waals surface area contributed by atoms with Crippen molar-refractivity contribution >= 4 is 11.6 Å². The average molecular weight is 160 g/mol. The summed E-state index contributed by atoms with van der Waals surface area (Å²) in [6.07, 6.45) is 1.71. The van der Waals surface area contributed by atoms with Crippen molar-refractivity contribution in [2.24, 2.45) is 0 Å². The third kappa shape index (κ3) is 1.78. The fourth-order valence-corrected chi connectivity index (χ4v) is 0.914. The Hall–Kier alpha value is -1.44. The van der Waals surface area contributed by atoms with Crippen LogP contribution in [0, 0.1) is 6.92 Å². The number of aromatic nitrogens is 2. The lowest BCUT2D eigenvalue weighted by atomic mass is 10.2. The van der Waals surface area contributed by atoms with Crippen molar-refractivity contribution in [2.75, 3.05) is 0 Å². The molecule has 0 radical (unpaired) electrons. The molecule has 12 heavy (non-hydrogen) atoms. The first-order valence-electron chi connectivity index (χ1n) is 3.77. The summed E-state index contributed by atoms with van der Waals surface area (Å²) >= 11 is 0. The largest absolute Gasteiger partial charge is 0.234 e. The van der Waals surface area contributed by atoms with Crippen molar-refractivity contribution in [1.29, 1.82) is 0 Å². The molecular weight excluding hydrogens is 148 g/mol. The van der Waals surface area contributed by atoms with E-state index in [9.17, 15) is 0 Å². The molecule has 0 saturated heterocycles. The second kappa shape index (κ2) is 3.30. The van der Waals surface area contributed by atoms with Crippen LogP contribution in [0.15, 0.2) is 19.2 Å². The molecular formula is C10H12N2. The average Bonchev–Trinajstić information content (AvgIpc) is 2.03. The van der Waals surface area contributed by atoms with Crippen LogP contribution < -0.4 is 0 Å². The van der Waals surface area contributed by atoms with E-state index in [1.165, 1.54) is 0 Å². The Kier molecular flexibility index (Phi) is 2.38. The quantitative estimate of drug-likeness (QED) is 0.664. The van der Waals surface area contributed by atoms with E-state index < -0.39 is 0 Å². The molecule has 2 nitrogen and oxygen atoms in total. The van der Waals surface area contributed by atoms with Crippen molar-refractivity contribution < 1.29 is 0 Å². The Labute approximate surface area is 72.7 Å². The molecule has 0 fully saturated rings. The molecule has 1 aromatic heterocycles. The number of aryl methyl sites for hydroxylation is 1. The van der Waals surface area contributed by atoms with Crippen LogP contribution in [-0.4, -0.2) is 9.97 Å². The highest BCUT2D eigenvalue weighted by atomic mass is 14.9. The Morgan fingerprint density at radius 2 is 2.17 bits per heavy atom. The van der Waals surface area contributed by atoms with Crippen molar-refractivity contribution in [3.05, 3.63) is 36.4 Å². The molecule has 1 rings (SSSR count). The zero-order valence-corrected chi connectivity index (χ0v) is 7.46. The molecule has 0 aliphatic rings. The van der Waals surface area contributed by atoms with E-state index in [0.29, 0.717) is 0 Å². The second-order valence-electron chi connectivity index (χ2n) is 2.71. The van der Waals surface area contributed by atoms with E-state index in [0.717, 1.165) is 22.8 Å². The van der Waals surface area contributed by atoms with Crippen molar-refractivity contribution in [2.45, 2.75) is 13.8 Å². The van der Waals surface area contributed by atoms with Crippen molar-refractivity contribution in [3.8, 4) is 0 Å². The van der Waals surface area contributed by atoms with Crippen LogP contribution in [0.25, 0.3) is 11.6 Å². The molecule has 0 amide bonds. The van der Waals surface area contributed by atoms with Gasteiger partial charge in [-0.1, -0.05) is 13.2 Å². The topological polar surface area (TPSA) is 25.8 Å². The monoisotopic (exact) mass is 160 g/mol. The fourth-order valence-electron chi connectivity index (χ4n) is 0.914. The highest BCUT2D eigenvalue weighted by molar-refractivity contribution is 5.60.